The van der Waals surface area contributed by atoms with Crippen LogP contribution < -0.4 is 4.40 Å². The summed E-state index contributed by atoms with van der Waals surface area (Å²) in [5, 5.41) is 0. The van der Waals surface area contributed by atoms with E-state index in [1.165, 1.54) is 18.4 Å². The van der Waals surface area contributed by atoms with Gasteiger partial charge in [-0.15, -0.1) is 0 Å². The first-order valence-electron chi connectivity index (χ1n) is 11.8. The summed E-state index contributed by atoms with van der Waals surface area (Å²) >= 11 is 5.89. The Morgan fingerprint density at radius 1 is 0.656 bits per heavy atom. The van der Waals surface area contributed by atoms with Crippen LogP contribution in [-0.4, -0.2) is 52.9 Å². The first kappa shape index (κ1) is 31.7. The summed E-state index contributed by atoms with van der Waals surface area (Å²) in [7, 11) is 5.51. The van der Waals surface area contributed by atoms with Crippen molar-refractivity contribution in [1.82, 2.24) is 0 Å². The molecule has 1 fully saturated rings. The van der Waals surface area contributed by atoms with E-state index in [9.17, 15) is 0 Å². The molecule has 0 spiro atoms. The van der Waals surface area contributed by atoms with E-state index in [-0.39, 0.29) is 0 Å². The quantitative estimate of drug-likeness (QED) is 0.222. The molecular formula is C23H47Cl3GeSi5. The molecular weight excluding hydrogens is 596 g/mol. The average molecular weight is 643 g/mol. The Kier molecular flexibility index (Phi) is 10.5. The van der Waals surface area contributed by atoms with E-state index in [0.29, 0.717) is 8.57 Å². The summed E-state index contributed by atoms with van der Waals surface area (Å²) in [4.78, 5) is 0. The third-order valence-corrected chi connectivity index (χ3v) is 50.0. The molecule has 0 saturated carbocycles. The number of hydrogen-bond donors (Lipinski definition) is 0. The van der Waals surface area contributed by atoms with E-state index in [0.717, 1.165) is 4.40 Å². The first-order valence-corrected chi connectivity index (χ1v) is 34.9. The van der Waals surface area contributed by atoms with E-state index in [1.807, 2.05) is 31.2 Å². The monoisotopic (exact) mass is 642 g/mol. The van der Waals surface area contributed by atoms with Crippen molar-refractivity contribution in [3.63, 3.8) is 0 Å². The number of halogens is 3. The molecule has 184 valence electrons. The fraction of sp³-hybridized carbons (Fsp3) is 0.739. The van der Waals surface area contributed by atoms with E-state index >= 15 is 0 Å². The van der Waals surface area contributed by atoms with Crippen LogP contribution in [0.3, 0.4) is 0 Å². The second-order valence-electron chi connectivity index (χ2n) is 13.8. The molecule has 0 N–H and O–H groups in total. The molecule has 0 bridgehead atoms. The van der Waals surface area contributed by atoms with Crippen molar-refractivity contribution in [3.05, 3.63) is 29.8 Å². The Morgan fingerprint density at radius 2 is 0.938 bits per heavy atom. The molecule has 1 saturated heterocycles. The van der Waals surface area contributed by atoms with Gasteiger partial charge in [0, 0.05) is 32.3 Å². The van der Waals surface area contributed by atoms with Crippen molar-refractivity contribution >= 4 is 88.4 Å². The van der Waals surface area contributed by atoms with Crippen LogP contribution in [0.25, 0.3) is 0 Å². The van der Waals surface area contributed by atoms with Gasteiger partial charge in [-0.2, -0.15) is 11.1 Å². The first-order chi connectivity index (χ1) is 14.1. The van der Waals surface area contributed by atoms with E-state index in [2.05, 4.69) is 78.6 Å². The maximum absolute atomic E-state index is 7.74. The van der Waals surface area contributed by atoms with Gasteiger partial charge in [0.05, 0.1) is 0 Å². The Bertz CT molecular complexity index is 688. The molecule has 0 unspecified atom stereocenters. The van der Waals surface area contributed by atoms with Gasteiger partial charge in [0.25, 0.3) is 0 Å². The fourth-order valence-electron chi connectivity index (χ4n) is 6.71. The summed E-state index contributed by atoms with van der Waals surface area (Å²) in [6, 6.07) is 8.08. The second kappa shape index (κ2) is 10.6. The van der Waals surface area contributed by atoms with Gasteiger partial charge >= 0.3 is 73.7 Å². The molecule has 1 heterocycles. The molecule has 0 amide bonds. The van der Waals surface area contributed by atoms with Crippen LogP contribution in [0.1, 0.15) is 18.4 Å². The molecule has 1 aromatic carbocycles. The molecule has 1 aliphatic rings. The molecule has 0 atom stereocenters. The Hall–Kier alpha value is 1.72. The van der Waals surface area contributed by atoms with E-state index in [4.69, 9.17) is 31.1 Å². The molecule has 2 radical (unpaired) electrons. The summed E-state index contributed by atoms with van der Waals surface area (Å²) in [5.41, 5.74) is 1.25. The predicted molar refractivity (Wildman–Crippen MR) is 168 cm³/mol. The number of rotatable bonds is 5. The Morgan fingerprint density at radius 3 is 1.12 bits per heavy atom. The number of benzene rings is 1. The number of aryl methyl sites for hydroxylation is 1. The van der Waals surface area contributed by atoms with Crippen LogP contribution in [0.4, 0.5) is 0 Å². The predicted octanol–water partition coefficient (Wildman–Crippen LogP) is 9.17. The van der Waals surface area contributed by atoms with Gasteiger partial charge in [-0.1, -0.05) is 91.4 Å². The van der Waals surface area contributed by atoms with Crippen LogP contribution in [0, 0.1) is 6.92 Å². The SMILES string of the molecule is C[Si](C)(C)C1([Si](C)(C)C)CCC([Si](C)(C)C)([Si](C)(C)C)[Si]1Cl.Cc1cc[c]([Ge]([Cl])[Cl])cc1. The maximum atomic E-state index is 7.74. The fourth-order valence-corrected chi connectivity index (χ4v) is 57.2. The summed E-state index contributed by atoms with van der Waals surface area (Å²) < 4.78 is 2.30. The van der Waals surface area contributed by atoms with Crippen LogP contribution in [0.2, 0.25) is 87.1 Å². The van der Waals surface area contributed by atoms with Crippen LogP contribution in [0.15, 0.2) is 24.3 Å². The molecule has 0 nitrogen and oxygen atoms in total. The minimum absolute atomic E-state index is 0.590. The number of hydrogen-bond acceptors (Lipinski definition) is 0. The van der Waals surface area contributed by atoms with Crippen LogP contribution >= 0.6 is 31.1 Å². The Balaban J connectivity index is 0.000000425. The minimum atomic E-state index is -1.85. The normalized spacial score (nSPS) is 19.7. The molecule has 1 aromatic rings. The zero-order chi connectivity index (χ0) is 25.6. The molecule has 0 aromatic heterocycles. The van der Waals surface area contributed by atoms with Crippen molar-refractivity contribution in [2.75, 3.05) is 0 Å². The third kappa shape index (κ3) is 5.98. The van der Waals surface area contributed by atoms with Crippen LogP contribution in [0.5, 0.6) is 0 Å². The summed E-state index contributed by atoms with van der Waals surface area (Å²) in [5.74, 6) is 0. The zero-order valence-corrected chi connectivity index (χ0v) is 32.2. The second-order valence-corrected chi connectivity index (χ2v) is 48.9. The third-order valence-electron chi connectivity index (χ3n) is 8.02. The van der Waals surface area contributed by atoms with Gasteiger partial charge in [0.15, 0.2) is 8.11 Å². The molecule has 2 rings (SSSR count). The van der Waals surface area contributed by atoms with Gasteiger partial charge < -0.3 is 0 Å². The van der Waals surface area contributed by atoms with Gasteiger partial charge in [-0.25, -0.2) is 0 Å². The average Bonchev–Trinajstić information content (AvgIpc) is 2.90. The molecule has 9 heteroatoms. The van der Waals surface area contributed by atoms with Crippen molar-refractivity contribution in [3.8, 4) is 0 Å². The molecule has 0 aliphatic carbocycles. The topological polar surface area (TPSA) is 0 Å². The van der Waals surface area contributed by atoms with Gasteiger partial charge in [0.2, 0.25) is 0 Å². The van der Waals surface area contributed by atoms with Crippen LogP contribution in [-0.2, 0) is 0 Å². The van der Waals surface area contributed by atoms with E-state index < -0.39 is 52.9 Å². The van der Waals surface area contributed by atoms with Crippen molar-refractivity contribution in [2.24, 2.45) is 0 Å². The zero-order valence-electron chi connectivity index (χ0n) is 22.9. The molecule has 32 heavy (non-hydrogen) atoms. The van der Waals surface area contributed by atoms with Gasteiger partial charge in [-0.3, -0.25) is 0 Å². The Labute approximate surface area is 223 Å². The van der Waals surface area contributed by atoms with Gasteiger partial charge in [-0.05, 0) is 8.57 Å². The summed E-state index contributed by atoms with van der Waals surface area (Å²) in [6.45, 7) is 33.6. The summed E-state index contributed by atoms with van der Waals surface area (Å²) in [6.07, 6.45) is 2.93. The van der Waals surface area contributed by atoms with Crippen molar-refractivity contribution in [1.29, 1.82) is 0 Å². The van der Waals surface area contributed by atoms with Gasteiger partial charge in [0.1, 0.15) is 0 Å². The van der Waals surface area contributed by atoms with E-state index in [1.54, 1.807) is 0 Å². The van der Waals surface area contributed by atoms with Crippen molar-refractivity contribution < 1.29 is 0 Å². The van der Waals surface area contributed by atoms with Crippen molar-refractivity contribution in [2.45, 2.75) is 107 Å². The molecule has 1 aliphatic heterocycles. The standard InChI is InChI=1S/C16H40ClSi5.C7H7Cl2Ge/c1-19(2,3)15(20(4,5)6)13-14-16(18(15)17,21(7,8)9)22(10,11)12;1-6-2-4-7(5-3-6)10(8)9/h13-14H2,1-12H3;2-5H,1H3.